The quantitative estimate of drug-likeness (QED) is 0.518. The summed E-state index contributed by atoms with van der Waals surface area (Å²) in [6.07, 6.45) is 20.1. The lowest BCUT2D eigenvalue weighted by atomic mass is 10.1. The van der Waals surface area contributed by atoms with Gasteiger partial charge in [-0.05, 0) is 19.3 Å². The highest BCUT2D eigenvalue weighted by Crippen LogP contribution is 2.10. The first kappa shape index (κ1) is 12.5. The summed E-state index contributed by atoms with van der Waals surface area (Å²) in [4.78, 5) is 4.41. The fraction of sp³-hybridized carbons (Fsp3) is 0.786. The highest BCUT2D eigenvalue weighted by Gasteiger charge is 1.92. The van der Waals surface area contributed by atoms with Crippen LogP contribution in [0.25, 0.3) is 0 Å². The topological polar surface area (TPSA) is 12.4 Å². The monoisotopic (exact) mass is 207 g/mol. The van der Waals surface area contributed by atoms with Crippen molar-refractivity contribution in [3.8, 4) is 0 Å². The van der Waals surface area contributed by atoms with Crippen LogP contribution in [0.4, 0.5) is 0 Å². The normalized spacial score (nSPS) is 21.9. The summed E-state index contributed by atoms with van der Waals surface area (Å²) >= 11 is 0. The minimum atomic E-state index is 1.03. The van der Waals surface area contributed by atoms with Crippen LogP contribution in [0, 0.1) is 0 Å². The van der Waals surface area contributed by atoms with Crippen LogP contribution in [0.1, 0.15) is 64.2 Å². The minimum absolute atomic E-state index is 1.03. The lowest BCUT2D eigenvalue weighted by molar-refractivity contribution is 0.572. The van der Waals surface area contributed by atoms with Gasteiger partial charge in [0.25, 0.3) is 0 Å². The predicted octanol–water partition coefficient (Wildman–Crippen LogP) is 4.53. The Labute approximate surface area is 94.7 Å². The van der Waals surface area contributed by atoms with Crippen LogP contribution in [-0.2, 0) is 0 Å². The molecule has 86 valence electrons. The Balaban J connectivity index is 2.15. The summed E-state index contributed by atoms with van der Waals surface area (Å²) in [7, 11) is 0. The number of allylic oxidation sites excluding steroid dienone is 2. The summed E-state index contributed by atoms with van der Waals surface area (Å²) in [5, 5.41) is 0. The Kier molecular flexibility index (Phi) is 8.27. The van der Waals surface area contributed by atoms with Crippen molar-refractivity contribution in [1.82, 2.24) is 0 Å². The van der Waals surface area contributed by atoms with Gasteiger partial charge in [-0.25, -0.2) is 0 Å². The van der Waals surface area contributed by atoms with Crippen LogP contribution in [0.15, 0.2) is 17.1 Å². The number of hydrogen-bond donors (Lipinski definition) is 0. The molecule has 0 atom stereocenters. The maximum absolute atomic E-state index is 4.41. The lowest BCUT2D eigenvalue weighted by Crippen LogP contribution is -1.84. The van der Waals surface area contributed by atoms with Crippen LogP contribution in [0.2, 0.25) is 0 Å². The average Bonchev–Trinajstić information content (AvgIpc) is 2.27. The van der Waals surface area contributed by atoms with Gasteiger partial charge in [0.15, 0.2) is 0 Å². The molecular weight excluding hydrogens is 182 g/mol. The molecule has 1 rings (SSSR count). The summed E-state index contributed by atoms with van der Waals surface area (Å²) in [5.41, 5.74) is 0. The lowest BCUT2D eigenvalue weighted by Gasteiger charge is -2.00. The second-order valence-electron chi connectivity index (χ2n) is 4.41. The molecule has 0 aromatic rings. The summed E-state index contributed by atoms with van der Waals surface area (Å²) in [6, 6.07) is 0. The van der Waals surface area contributed by atoms with Crippen LogP contribution < -0.4 is 0 Å². The van der Waals surface area contributed by atoms with E-state index in [-0.39, 0.29) is 0 Å². The zero-order chi connectivity index (χ0) is 10.6. The Hall–Kier alpha value is -0.590. The molecule has 0 unspecified atom stereocenters. The van der Waals surface area contributed by atoms with Gasteiger partial charge in [-0.15, -0.1) is 0 Å². The Bertz CT molecular complexity index is 162. The second kappa shape index (κ2) is 9.95. The minimum Gasteiger partial charge on any atom is -0.297 e. The van der Waals surface area contributed by atoms with Gasteiger partial charge in [0.1, 0.15) is 0 Å². The van der Waals surface area contributed by atoms with Crippen LogP contribution in [0.5, 0.6) is 0 Å². The number of aliphatic imine (C=N–C) groups is 1. The number of nitrogens with zero attached hydrogens (tertiary/aromatic N) is 1. The standard InChI is InChI=1S/C14H25N/c1-2-4-6-8-10-12-14-15-13-11-9-7-5-3-1/h7,9,13H,1-6,8,10-12,14H2. The molecule has 1 heterocycles. The molecule has 0 N–H and O–H groups in total. The molecule has 1 nitrogen and oxygen atoms in total. The summed E-state index contributed by atoms with van der Waals surface area (Å²) in [5.74, 6) is 0. The number of rotatable bonds is 0. The first-order valence-corrected chi connectivity index (χ1v) is 6.63. The molecule has 0 saturated heterocycles. The SMILES string of the molecule is C1=CCCCCCCCCCCN=CC1. The summed E-state index contributed by atoms with van der Waals surface area (Å²) < 4.78 is 0. The largest absolute Gasteiger partial charge is 0.297 e. The van der Waals surface area contributed by atoms with Crippen molar-refractivity contribution in [3.63, 3.8) is 0 Å². The smallest absolute Gasteiger partial charge is 0.0385 e. The van der Waals surface area contributed by atoms with Gasteiger partial charge in [0.2, 0.25) is 0 Å². The van der Waals surface area contributed by atoms with E-state index in [0.717, 1.165) is 13.0 Å². The van der Waals surface area contributed by atoms with Gasteiger partial charge in [-0.1, -0.05) is 50.7 Å². The van der Waals surface area contributed by atoms with Crippen molar-refractivity contribution >= 4 is 6.21 Å². The zero-order valence-corrected chi connectivity index (χ0v) is 9.96. The van der Waals surface area contributed by atoms with E-state index in [2.05, 4.69) is 23.4 Å². The van der Waals surface area contributed by atoms with Gasteiger partial charge >= 0.3 is 0 Å². The van der Waals surface area contributed by atoms with Crippen molar-refractivity contribution in [2.24, 2.45) is 4.99 Å². The molecule has 0 radical (unpaired) electrons. The zero-order valence-electron chi connectivity index (χ0n) is 9.96. The second-order valence-corrected chi connectivity index (χ2v) is 4.41. The fourth-order valence-electron chi connectivity index (χ4n) is 1.97. The molecule has 0 aromatic carbocycles. The van der Waals surface area contributed by atoms with Crippen molar-refractivity contribution in [2.75, 3.05) is 6.54 Å². The molecule has 0 aliphatic carbocycles. The molecule has 0 spiro atoms. The van der Waals surface area contributed by atoms with Crippen molar-refractivity contribution in [2.45, 2.75) is 64.2 Å². The van der Waals surface area contributed by atoms with E-state index in [4.69, 9.17) is 0 Å². The van der Waals surface area contributed by atoms with Crippen LogP contribution in [-0.4, -0.2) is 12.8 Å². The summed E-state index contributed by atoms with van der Waals surface area (Å²) in [6.45, 7) is 1.04. The van der Waals surface area contributed by atoms with Crippen molar-refractivity contribution in [1.29, 1.82) is 0 Å². The average molecular weight is 207 g/mol. The van der Waals surface area contributed by atoms with Gasteiger partial charge in [-0.3, -0.25) is 4.99 Å². The molecule has 15 heavy (non-hydrogen) atoms. The molecule has 1 heteroatoms. The van der Waals surface area contributed by atoms with Crippen LogP contribution in [0.3, 0.4) is 0 Å². The maximum Gasteiger partial charge on any atom is 0.0385 e. The molecule has 0 saturated carbocycles. The third-order valence-electron chi connectivity index (χ3n) is 2.95. The van der Waals surface area contributed by atoms with Gasteiger partial charge in [0.05, 0.1) is 0 Å². The molecule has 0 amide bonds. The van der Waals surface area contributed by atoms with Gasteiger partial charge in [0, 0.05) is 19.2 Å². The maximum atomic E-state index is 4.41. The highest BCUT2D eigenvalue weighted by atomic mass is 14.7. The van der Waals surface area contributed by atoms with Gasteiger partial charge < -0.3 is 0 Å². The van der Waals surface area contributed by atoms with E-state index in [9.17, 15) is 0 Å². The number of hydrogen-bond acceptors (Lipinski definition) is 1. The fourth-order valence-corrected chi connectivity index (χ4v) is 1.97. The Morgan fingerprint density at radius 3 is 2.13 bits per heavy atom. The third kappa shape index (κ3) is 8.41. The molecule has 1 aliphatic heterocycles. The third-order valence-corrected chi connectivity index (χ3v) is 2.95. The first-order valence-electron chi connectivity index (χ1n) is 6.63. The Morgan fingerprint density at radius 2 is 1.33 bits per heavy atom. The van der Waals surface area contributed by atoms with E-state index in [1.807, 2.05) is 0 Å². The molecular formula is C14H25N. The van der Waals surface area contributed by atoms with Crippen LogP contribution >= 0.6 is 0 Å². The molecule has 0 fully saturated rings. The highest BCUT2D eigenvalue weighted by molar-refractivity contribution is 5.59. The van der Waals surface area contributed by atoms with Crippen molar-refractivity contribution in [3.05, 3.63) is 12.2 Å². The van der Waals surface area contributed by atoms with E-state index < -0.39 is 0 Å². The van der Waals surface area contributed by atoms with E-state index in [1.165, 1.54) is 57.8 Å². The molecule has 0 aromatic heterocycles. The van der Waals surface area contributed by atoms with E-state index in [1.54, 1.807) is 0 Å². The first-order chi connectivity index (χ1) is 7.50. The van der Waals surface area contributed by atoms with E-state index in [0.29, 0.717) is 0 Å². The van der Waals surface area contributed by atoms with Gasteiger partial charge in [-0.2, -0.15) is 0 Å². The Morgan fingerprint density at radius 1 is 0.667 bits per heavy atom. The predicted molar refractivity (Wildman–Crippen MR) is 68.7 cm³/mol. The van der Waals surface area contributed by atoms with E-state index >= 15 is 0 Å². The molecule has 0 bridgehead atoms. The van der Waals surface area contributed by atoms with Crippen molar-refractivity contribution < 1.29 is 0 Å². The molecule has 1 aliphatic rings.